The smallest absolute Gasteiger partial charge is 0.345 e. The molecule has 120 valence electrons. The summed E-state index contributed by atoms with van der Waals surface area (Å²) in [6.07, 6.45) is -0.732. The summed E-state index contributed by atoms with van der Waals surface area (Å²) in [5.74, 6) is -0.400. The molecule has 2 atom stereocenters. The standard InChI is InChI=1S/C20H15ClO3/c1-20(14-9-11-15(21)12-10-14)19(22)23-18(24-20)17-8-4-6-13-5-2-3-7-16(13)17/h2-12,18H,1H3/t18-,20+/m0/s1. The molecule has 0 aliphatic carbocycles. The Balaban J connectivity index is 1.74. The molecule has 0 saturated carbocycles. The fourth-order valence-electron chi connectivity index (χ4n) is 3.03. The number of ether oxygens (including phenoxy) is 2. The molecule has 0 radical (unpaired) electrons. The van der Waals surface area contributed by atoms with Crippen LogP contribution in [0.2, 0.25) is 5.02 Å². The van der Waals surface area contributed by atoms with Crippen LogP contribution in [0.15, 0.2) is 66.7 Å². The van der Waals surface area contributed by atoms with Gasteiger partial charge in [0, 0.05) is 10.6 Å². The van der Waals surface area contributed by atoms with Crippen molar-refractivity contribution in [1.82, 2.24) is 0 Å². The van der Waals surface area contributed by atoms with E-state index >= 15 is 0 Å². The number of halogens is 1. The minimum Gasteiger partial charge on any atom is -0.429 e. The molecule has 1 aliphatic heterocycles. The van der Waals surface area contributed by atoms with E-state index in [0.717, 1.165) is 21.9 Å². The summed E-state index contributed by atoms with van der Waals surface area (Å²) < 4.78 is 11.6. The van der Waals surface area contributed by atoms with Crippen molar-refractivity contribution in [1.29, 1.82) is 0 Å². The van der Waals surface area contributed by atoms with Gasteiger partial charge in [0.15, 0.2) is 5.60 Å². The molecule has 0 amide bonds. The van der Waals surface area contributed by atoms with E-state index in [1.165, 1.54) is 0 Å². The highest BCUT2D eigenvalue weighted by Gasteiger charge is 2.48. The van der Waals surface area contributed by atoms with E-state index < -0.39 is 17.9 Å². The van der Waals surface area contributed by atoms with Gasteiger partial charge in [0.2, 0.25) is 6.29 Å². The number of hydrogen-bond donors (Lipinski definition) is 0. The lowest BCUT2D eigenvalue weighted by molar-refractivity contribution is -0.145. The third kappa shape index (κ3) is 2.37. The maximum Gasteiger partial charge on any atom is 0.345 e. The fraction of sp³-hybridized carbons (Fsp3) is 0.150. The maximum atomic E-state index is 12.5. The molecule has 3 aromatic rings. The predicted molar refractivity (Wildman–Crippen MR) is 92.7 cm³/mol. The van der Waals surface area contributed by atoms with Gasteiger partial charge < -0.3 is 9.47 Å². The highest BCUT2D eigenvalue weighted by atomic mass is 35.5. The van der Waals surface area contributed by atoms with Crippen molar-refractivity contribution in [3.8, 4) is 0 Å². The van der Waals surface area contributed by atoms with Crippen molar-refractivity contribution in [3.63, 3.8) is 0 Å². The normalized spacial score (nSPS) is 23.4. The number of esters is 1. The first-order chi connectivity index (χ1) is 11.6. The third-order valence-electron chi connectivity index (χ3n) is 4.42. The van der Waals surface area contributed by atoms with Crippen molar-refractivity contribution >= 4 is 28.3 Å². The number of fused-ring (bicyclic) bond motifs is 1. The highest BCUT2D eigenvalue weighted by Crippen LogP contribution is 2.42. The SMILES string of the molecule is C[C@]1(c2ccc(Cl)cc2)O[C@@H](c2cccc3ccccc23)OC1=O. The number of cyclic esters (lactones) is 1. The van der Waals surface area contributed by atoms with Crippen LogP contribution in [-0.2, 0) is 19.9 Å². The molecule has 24 heavy (non-hydrogen) atoms. The summed E-state index contributed by atoms with van der Waals surface area (Å²) in [5, 5.41) is 2.70. The van der Waals surface area contributed by atoms with Crippen molar-refractivity contribution in [2.75, 3.05) is 0 Å². The Hall–Kier alpha value is -2.36. The average molecular weight is 339 g/mol. The van der Waals surface area contributed by atoms with Crippen LogP contribution in [0, 0.1) is 0 Å². The second-order valence-corrected chi connectivity index (χ2v) is 6.40. The van der Waals surface area contributed by atoms with E-state index in [9.17, 15) is 4.79 Å². The zero-order valence-electron chi connectivity index (χ0n) is 13.0. The summed E-state index contributed by atoms with van der Waals surface area (Å²) in [7, 11) is 0. The van der Waals surface area contributed by atoms with Gasteiger partial charge in [0.1, 0.15) is 0 Å². The Bertz CT molecular complexity index is 914. The van der Waals surface area contributed by atoms with Crippen molar-refractivity contribution in [2.45, 2.75) is 18.8 Å². The lowest BCUT2D eigenvalue weighted by Crippen LogP contribution is -2.29. The van der Waals surface area contributed by atoms with Crippen LogP contribution < -0.4 is 0 Å². The van der Waals surface area contributed by atoms with Gasteiger partial charge in [-0.3, -0.25) is 0 Å². The summed E-state index contributed by atoms with van der Waals surface area (Å²) >= 11 is 5.93. The maximum absolute atomic E-state index is 12.5. The molecule has 0 N–H and O–H groups in total. The van der Waals surface area contributed by atoms with Crippen molar-refractivity contribution in [3.05, 3.63) is 82.9 Å². The van der Waals surface area contributed by atoms with Gasteiger partial charge in [-0.1, -0.05) is 66.2 Å². The molecule has 1 aliphatic rings. The molecule has 1 heterocycles. The van der Waals surface area contributed by atoms with E-state index in [-0.39, 0.29) is 0 Å². The van der Waals surface area contributed by atoms with Crippen LogP contribution in [0.3, 0.4) is 0 Å². The topological polar surface area (TPSA) is 35.5 Å². The molecule has 3 nitrogen and oxygen atoms in total. The Kier molecular flexibility index (Phi) is 3.56. The Morgan fingerprint density at radius 1 is 0.958 bits per heavy atom. The van der Waals surface area contributed by atoms with Crippen LogP contribution in [0.4, 0.5) is 0 Å². The van der Waals surface area contributed by atoms with Gasteiger partial charge in [-0.05, 0) is 35.4 Å². The molecule has 3 aromatic carbocycles. The molecule has 0 spiro atoms. The van der Waals surface area contributed by atoms with E-state index in [1.54, 1.807) is 31.2 Å². The molecule has 4 heteroatoms. The van der Waals surface area contributed by atoms with Gasteiger partial charge in [-0.15, -0.1) is 0 Å². The minimum absolute atomic E-state index is 0.400. The molecule has 1 saturated heterocycles. The van der Waals surface area contributed by atoms with Gasteiger partial charge in [0.05, 0.1) is 0 Å². The monoisotopic (exact) mass is 338 g/mol. The van der Waals surface area contributed by atoms with Crippen LogP contribution in [0.25, 0.3) is 10.8 Å². The lowest BCUT2D eigenvalue weighted by atomic mass is 9.96. The van der Waals surface area contributed by atoms with Gasteiger partial charge >= 0.3 is 5.97 Å². The zero-order chi connectivity index (χ0) is 16.7. The minimum atomic E-state index is -1.15. The first-order valence-electron chi connectivity index (χ1n) is 7.70. The van der Waals surface area contributed by atoms with Crippen molar-refractivity contribution in [2.24, 2.45) is 0 Å². The highest BCUT2D eigenvalue weighted by molar-refractivity contribution is 6.30. The van der Waals surface area contributed by atoms with Crippen LogP contribution >= 0.6 is 11.6 Å². The van der Waals surface area contributed by atoms with E-state index in [1.807, 2.05) is 42.5 Å². The molecule has 0 aromatic heterocycles. The second kappa shape index (κ2) is 5.62. The molecule has 0 unspecified atom stereocenters. The third-order valence-corrected chi connectivity index (χ3v) is 4.67. The summed E-state index contributed by atoms with van der Waals surface area (Å²) in [4.78, 5) is 12.5. The van der Waals surface area contributed by atoms with Crippen molar-refractivity contribution < 1.29 is 14.3 Å². The second-order valence-electron chi connectivity index (χ2n) is 5.96. The molecular formula is C20H15ClO3. The number of rotatable bonds is 2. The van der Waals surface area contributed by atoms with E-state index in [0.29, 0.717) is 5.02 Å². The lowest BCUT2D eigenvalue weighted by Gasteiger charge is -2.20. The van der Waals surface area contributed by atoms with Gasteiger partial charge in [-0.25, -0.2) is 4.79 Å². The average Bonchev–Trinajstić information content (AvgIpc) is 2.91. The summed E-state index contributed by atoms with van der Waals surface area (Å²) in [6.45, 7) is 1.73. The Labute approximate surface area is 144 Å². The quantitative estimate of drug-likeness (QED) is 0.618. The van der Waals surface area contributed by atoms with Gasteiger partial charge in [-0.2, -0.15) is 0 Å². The summed E-state index contributed by atoms with van der Waals surface area (Å²) in [5.41, 5.74) is 0.422. The van der Waals surface area contributed by atoms with Crippen LogP contribution in [0.1, 0.15) is 24.3 Å². The van der Waals surface area contributed by atoms with Crippen LogP contribution in [-0.4, -0.2) is 5.97 Å². The number of carbonyl (C=O) groups excluding carboxylic acids is 1. The van der Waals surface area contributed by atoms with Crippen LogP contribution in [0.5, 0.6) is 0 Å². The molecule has 0 bridgehead atoms. The number of carbonyl (C=O) groups is 1. The molecule has 4 rings (SSSR count). The molecular weight excluding hydrogens is 324 g/mol. The van der Waals surface area contributed by atoms with Gasteiger partial charge in [0.25, 0.3) is 0 Å². The number of hydrogen-bond acceptors (Lipinski definition) is 3. The first kappa shape index (κ1) is 15.2. The zero-order valence-corrected chi connectivity index (χ0v) is 13.8. The Morgan fingerprint density at radius 3 is 2.46 bits per heavy atom. The van der Waals surface area contributed by atoms with E-state index in [4.69, 9.17) is 21.1 Å². The fourth-order valence-corrected chi connectivity index (χ4v) is 3.16. The predicted octanol–water partition coefficient (Wildman–Crippen LogP) is 4.98. The largest absolute Gasteiger partial charge is 0.429 e. The Morgan fingerprint density at radius 2 is 1.67 bits per heavy atom. The first-order valence-corrected chi connectivity index (χ1v) is 8.08. The summed E-state index contributed by atoms with van der Waals surface area (Å²) in [6, 6.07) is 20.9. The molecule has 1 fully saturated rings. The van der Waals surface area contributed by atoms with E-state index in [2.05, 4.69) is 0 Å². The number of benzene rings is 3.